The van der Waals surface area contributed by atoms with Crippen LogP contribution < -0.4 is 0 Å². The summed E-state index contributed by atoms with van der Waals surface area (Å²) in [5.74, 6) is 0. The summed E-state index contributed by atoms with van der Waals surface area (Å²) in [5.41, 5.74) is 10.6. The fourth-order valence-electron chi connectivity index (χ4n) is 9.06. The van der Waals surface area contributed by atoms with Gasteiger partial charge < -0.3 is 8.83 Å². The van der Waals surface area contributed by atoms with E-state index in [0.29, 0.717) is 0 Å². The fourth-order valence-corrected chi connectivity index (χ4v) is 9.06. The van der Waals surface area contributed by atoms with Gasteiger partial charge in [-0.25, -0.2) is 0 Å². The molecule has 54 heavy (non-hydrogen) atoms. The molecule has 0 aliphatic heterocycles. The van der Waals surface area contributed by atoms with Gasteiger partial charge in [0.1, 0.15) is 22.3 Å². The second-order valence-corrected chi connectivity index (χ2v) is 14.3. The highest BCUT2D eigenvalue weighted by Gasteiger charge is 2.23. The summed E-state index contributed by atoms with van der Waals surface area (Å²) in [6, 6.07) is 65.6. The monoisotopic (exact) mass is 686 g/mol. The molecule has 2 heteroatoms. The van der Waals surface area contributed by atoms with E-state index in [4.69, 9.17) is 8.83 Å². The van der Waals surface area contributed by atoms with E-state index in [2.05, 4.69) is 170 Å². The zero-order chi connectivity index (χ0) is 35.3. The lowest BCUT2D eigenvalue weighted by Gasteiger charge is -2.19. The van der Waals surface area contributed by atoms with Crippen molar-refractivity contribution in [1.82, 2.24) is 0 Å². The Hall–Kier alpha value is -7.16. The Morgan fingerprint density at radius 2 is 0.815 bits per heavy atom. The third-order valence-electron chi connectivity index (χ3n) is 11.4. The quantitative estimate of drug-likeness (QED) is 0.137. The molecule has 2 aromatic heterocycles. The molecule has 2 nitrogen and oxygen atoms in total. The molecule has 0 amide bonds. The first-order chi connectivity index (χ1) is 26.8. The number of hydrogen-bond donors (Lipinski definition) is 0. The predicted molar refractivity (Wildman–Crippen MR) is 227 cm³/mol. The van der Waals surface area contributed by atoms with Crippen LogP contribution in [-0.2, 0) is 0 Å². The van der Waals surface area contributed by atoms with Crippen LogP contribution in [0.5, 0.6) is 0 Å². The highest BCUT2D eigenvalue weighted by atomic mass is 16.3. The van der Waals surface area contributed by atoms with Crippen molar-refractivity contribution in [1.29, 1.82) is 0 Å². The number of para-hydroxylation sites is 2. The highest BCUT2D eigenvalue weighted by Crippen LogP contribution is 2.49. The molecule has 12 rings (SSSR count). The number of benzene rings is 10. The van der Waals surface area contributed by atoms with Crippen LogP contribution >= 0.6 is 0 Å². The smallest absolute Gasteiger partial charge is 0.143 e. The first-order valence-corrected chi connectivity index (χ1v) is 18.5. The maximum Gasteiger partial charge on any atom is 0.143 e. The van der Waals surface area contributed by atoms with E-state index < -0.39 is 0 Å². The van der Waals surface area contributed by atoms with E-state index in [1.807, 2.05) is 12.1 Å². The van der Waals surface area contributed by atoms with Gasteiger partial charge >= 0.3 is 0 Å². The average Bonchev–Trinajstić information content (AvgIpc) is 3.81. The lowest BCUT2D eigenvalue weighted by Crippen LogP contribution is -1.92. The van der Waals surface area contributed by atoms with E-state index in [1.165, 1.54) is 59.8 Å². The Bertz CT molecular complexity index is 3450. The van der Waals surface area contributed by atoms with Crippen LogP contribution in [0.4, 0.5) is 0 Å². The first kappa shape index (κ1) is 29.4. The van der Waals surface area contributed by atoms with Crippen molar-refractivity contribution in [3.8, 4) is 33.4 Å². The van der Waals surface area contributed by atoms with E-state index in [0.717, 1.165) is 60.6 Å². The van der Waals surface area contributed by atoms with Gasteiger partial charge in [-0.2, -0.15) is 0 Å². The molecule has 12 aromatic rings. The molecule has 0 aliphatic carbocycles. The van der Waals surface area contributed by atoms with Crippen LogP contribution in [0, 0.1) is 0 Å². The lowest BCUT2D eigenvalue weighted by molar-refractivity contribution is 0.669. The van der Waals surface area contributed by atoms with Gasteiger partial charge in [0.15, 0.2) is 0 Å². The number of fused-ring (bicyclic) bond motifs is 11. The summed E-state index contributed by atoms with van der Waals surface area (Å²) >= 11 is 0. The molecule has 0 radical (unpaired) electrons. The van der Waals surface area contributed by atoms with Crippen molar-refractivity contribution in [2.24, 2.45) is 0 Å². The summed E-state index contributed by atoms with van der Waals surface area (Å²) in [6.07, 6.45) is 0. The maximum absolute atomic E-state index is 6.92. The van der Waals surface area contributed by atoms with Crippen molar-refractivity contribution in [2.45, 2.75) is 0 Å². The Morgan fingerprint density at radius 3 is 1.57 bits per heavy atom. The van der Waals surface area contributed by atoms with E-state index in [1.54, 1.807) is 0 Å². The van der Waals surface area contributed by atoms with Gasteiger partial charge in [-0.05, 0) is 102 Å². The zero-order valence-corrected chi connectivity index (χ0v) is 29.1. The molecule has 0 bridgehead atoms. The molecular formula is C52H30O2. The van der Waals surface area contributed by atoms with Crippen LogP contribution in [0.1, 0.15) is 0 Å². The van der Waals surface area contributed by atoms with Crippen LogP contribution in [0.3, 0.4) is 0 Å². The van der Waals surface area contributed by atoms with E-state index >= 15 is 0 Å². The van der Waals surface area contributed by atoms with Crippen molar-refractivity contribution < 1.29 is 8.83 Å². The van der Waals surface area contributed by atoms with Gasteiger partial charge in [0.05, 0.1) is 0 Å². The molecule has 0 unspecified atom stereocenters. The summed E-state index contributed by atoms with van der Waals surface area (Å²) in [6.45, 7) is 0. The minimum atomic E-state index is 0.880. The SMILES string of the molecule is c1ccc2c(c1)ccc1cc(-c3c4ccccc4c(-c4ccc(-c5ccc6oc7ccccc7c6c5)c5c4oc4ccccc45)c4ccccc34)ccc12. The van der Waals surface area contributed by atoms with Gasteiger partial charge in [0.25, 0.3) is 0 Å². The molecule has 10 aromatic carbocycles. The third-order valence-corrected chi connectivity index (χ3v) is 11.4. The first-order valence-electron chi connectivity index (χ1n) is 18.5. The highest BCUT2D eigenvalue weighted by molar-refractivity contribution is 6.26. The molecule has 250 valence electrons. The van der Waals surface area contributed by atoms with Gasteiger partial charge in [-0.3, -0.25) is 0 Å². The molecule has 0 saturated carbocycles. The second-order valence-electron chi connectivity index (χ2n) is 14.3. The molecular weight excluding hydrogens is 657 g/mol. The topological polar surface area (TPSA) is 26.3 Å². The molecule has 0 aliphatic rings. The Labute approximate surface area is 310 Å². The summed E-state index contributed by atoms with van der Waals surface area (Å²) in [4.78, 5) is 0. The maximum atomic E-state index is 6.92. The molecule has 0 spiro atoms. The van der Waals surface area contributed by atoms with Crippen molar-refractivity contribution in [3.05, 3.63) is 182 Å². The van der Waals surface area contributed by atoms with Crippen molar-refractivity contribution in [2.75, 3.05) is 0 Å². The van der Waals surface area contributed by atoms with E-state index in [9.17, 15) is 0 Å². The Balaban J connectivity index is 1.14. The molecule has 0 atom stereocenters. The molecule has 0 saturated heterocycles. The van der Waals surface area contributed by atoms with Crippen LogP contribution in [0.25, 0.3) is 120 Å². The average molecular weight is 687 g/mol. The van der Waals surface area contributed by atoms with Crippen LogP contribution in [-0.4, -0.2) is 0 Å². The Morgan fingerprint density at radius 1 is 0.278 bits per heavy atom. The minimum Gasteiger partial charge on any atom is -0.456 e. The van der Waals surface area contributed by atoms with Gasteiger partial charge in [-0.1, -0.05) is 146 Å². The third kappa shape index (κ3) is 4.17. The van der Waals surface area contributed by atoms with Crippen molar-refractivity contribution >= 4 is 87.0 Å². The minimum absolute atomic E-state index is 0.880. The standard InChI is InChI=1S/C52H30O2/c1-2-12-35-31(11-1)21-22-32-29-34(23-25-36(32)35)49-39-14-3-5-16-41(39)50(42-17-6-4-15-40(42)49)44-27-26-37(51-43-18-8-10-20-47(43)54-52(44)51)33-24-28-48-45(30-33)38-13-7-9-19-46(38)53-48/h1-30H. The Kier molecular flexibility index (Phi) is 6.09. The number of rotatable bonds is 3. The second kappa shape index (κ2) is 11.2. The van der Waals surface area contributed by atoms with Crippen molar-refractivity contribution in [3.63, 3.8) is 0 Å². The number of hydrogen-bond acceptors (Lipinski definition) is 2. The summed E-state index contributed by atoms with van der Waals surface area (Å²) in [7, 11) is 0. The van der Waals surface area contributed by atoms with Gasteiger partial charge in [0.2, 0.25) is 0 Å². The normalized spacial score (nSPS) is 12.1. The van der Waals surface area contributed by atoms with E-state index in [-0.39, 0.29) is 0 Å². The summed E-state index contributed by atoms with van der Waals surface area (Å²) in [5, 5.41) is 14.4. The largest absolute Gasteiger partial charge is 0.456 e. The predicted octanol–water partition coefficient (Wildman–Crippen LogP) is 15.1. The number of furan rings is 2. The zero-order valence-electron chi connectivity index (χ0n) is 29.1. The van der Waals surface area contributed by atoms with Gasteiger partial charge in [-0.15, -0.1) is 0 Å². The summed E-state index contributed by atoms with van der Waals surface area (Å²) < 4.78 is 13.1. The fraction of sp³-hybridized carbons (Fsp3) is 0. The molecule has 0 N–H and O–H groups in total. The lowest BCUT2D eigenvalue weighted by atomic mass is 9.84. The molecule has 2 heterocycles. The van der Waals surface area contributed by atoms with Gasteiger partial charge in [0, 0.05) is 32.7 Å². The molecule has 0 fully saturated rings. The van der Waals surface area contributed by atoms with Crippen LogP contribution in [0.15, 0.2) is 191 Å². The van der Waals surface area contributed by atoms with Crippen LogP contribution in [0.2, 0.25) is 0 Å².